The van der Waals surface area contributed by atoms with Gasteiger partial charge in [0.25, 0.3) is 0 Å². The van der Waals surface area contributed by atoms with Gasteiger partial charge in [0, 0.05) is 32.7 Å². The van der Waals surface area contributed by atoms with E-state index in [-0.39, 0.29) is 5.82 Å². The molecule has 1 heterocycles. The summed E-state index contributed by atoms with van der Waals surface area (Å²) in [6, 6.07) is 5.55. The van der Waals surface area contributed by atoms with Gasteiger partial charge in [-0.1, -0.05) is 12.1 Å². The van der Waals surface area contributed by atoms with Crippen molar-refractivity contribution in [2.45, 2.75) is 13.5 Å². The molecule has 2 nitrogen and oxygen atoms in total. The highest BCUT2D eigenvalue weighted by Crippen LogP contribution is 2.12. The van der Waals surface area contributed by atoms with Crippen molar-refractivity contribution in [2.24, 2.45) is 0 Å². The predicted molar refractivity (Wildman–Crippen MR) is 63.9 cm³/mol. The van der Waals surface area contributed by atoms with Gasteiger partial charge in [-0.25, -0.2) is 4.39 Å². The smallest absolute Gasteiger partial charge is 0.126 e. The molecule has 0 radical (unpaired) electrons. The van der Waals surface area contributed by atoms with Crippen LogP contribution in [0.1, 0.15) is 11.1 Å². The molecule has 2 rings (SSSR count). The minimum absolute atomic E-state index is 0.0911. The molecule has 0 spiro atoms. The normalized spacial score (nSPS) is 18.9. The average molecular weight is 222 g/mol. The predicted octanol–water partition coefficient (Wildman–Crippen LogP) is 1.88. The Bertz CT molecular complexity index is 357. The average Bonchev–Trinajstić information content (AvgIpc) is 2.27. The summed E-state index contributed by atoms with van der Waals surface area (Å²) in [6.45, 7) is 7.03. The van der Waals surface area contributed by atoms with E-state index in [2.05, 4.69) is 16.8 Å². The van der Waals surface area contributed by atoms with Crippen LogP contribution in [-0.2, 0) is 6.54 Å². The van der Waals surface area contributed by atoms with Gasteiger partial charge in [0.1, 0.15) is 5.82 Å². The number of piperazine rings is 1. The molecule has 88 valence electrons. The summed E-state index contributed by atoms with van der Waals surface area (Å²) in [5.74, 6) is -0.0911. The third-order valence-corrected chi connectivity index (χ3v) is 3.24. The van der Waals surface area contributed by atoms with Crippen molar-refractivity contribution in [1.82, 2.24) is 9.80 Å². The second-order valence-corrected chi connectivity index (χ2v) is 4.66. The number of benzene rings is 1. The van der Waals surface area contributed by atoms with E-state index in [0.717, 1.165) is 43.9 Å². The summed E-state index contributed by atoms with van der Waals surface area (Å²) in [7, 11) is 2.14. The fourth-order valence-electron chi connectivity index (χ4n) is 2.00. The second kappa shape index (κ2) is 4.93. The quantitative estimate of drug-likeness (QED) is 0.754. The molecule has 0 bridgehead atoms. The van der Waals surface area contributed by atoms with Crippen LogP contribution in [0, 0.1) is 12.7 Å². The fourth-order valence-corrected chi connectivity index (χ4v) is 2.00. The Morgan fingerprint density at radius 2 is 1.88 bits per heavy atom. The van der Waals surface area contributed by atoms with Gasteiger partial charge in [-0.15, -0.1) is 0 Å². The lowest BCUT2D eigenvalue weighted by Gasteiger charge is -2.32. The molecular weight excluding hydrogens is 203 g/mol. The van der Waals surface area contributed by atoms with E-state index < -0.39 is 0 Å². The van der Waals surface area contributed by atoms with E-state index in [1.54, 1.807) is 13.0 Å². The Labute approximate surface area is 96.7 Å². The highest BCUT2D eigenvalue weighted by molar-refractivity contribution is 5.23. The zero-order chi connectivity index (χ0) is 11.5. The van der Waals surface area contributed by atoms with Gasteiger partial charge in [0.2, 0.25) is 0 Å². The largest absolute Gasteiger partial charge is 0.304 e. The Morgan fingerprint density at radius 3 is 2.50 bits per heavy atom. The zero-order valence-electron chi connectivity index (χ0n) is 10.0. The number of halogens is 1. The lowest BCUT2D eigenvalue weighted by molar-refractivity contribution is 0.148. The first-order chi connectivity index (χ1) is 7.65. The van der Waals surface area contributed by atoms with Crippen LogP contribution < -0.4 is 0 Å². The maximum atomic E-state index is 13.4. The Hall–Kier alpha value is -0.930. The lowest BCUT2D eigenvalue weighted by Crippen LogP contribution is -2.43. The van der Waals surface area contributed by atoms with E-state index in [1.807, 2.05) is 12.1 Å². The lowest BCUT2D eigenvalue weighted by atomic mass is 10.1. The van der Waals surface area contributed by atoms with Gasteiger partial charge in [0.15, 0.2) is 0 Å². The maximum Gasteiger partial charge on any atom is 0.126 e. The number of hydrogen-bond acceptors (Lipinski definition) is 2. The summed E-state index contributed by atoms with van der Waals surface area (Å²) in [6.07, 6.45) is 0. The summed E-state index contributed by atoms with van der Waals surface area (Å²) in [4.78, 5) is 4.70. The second-order valence-electron chi connectivity index (χ2n) is 4.66. The molecule has 3 heteroatoms. The molecule has 0 aliphatic carbocycles. The molecule has 1 fully saturated rings. The Kier molecular flexibility index (Phi) is 3.56. The topological polar surface area (TPSA) is 6.48 Å². The van der Waals surface area contributed by atoms with E-state index in [0.29, 0.717) is 0 Å². The molecule has 0 N–H and O–H groups in total. The van der Waals surface area contributed by atoms with Crippen LogP contribution in [-0.4, -0.2) is 43.0 Å². The minimum Gasteiger partial charge on any atom is -0.304 e. The standard InChI is InChI=1S/C13H19FN2/c1-11-3-4-12(9-13(11)14)10-16-7-5-15(2)6-8-16/h3-4,9H,5-8,10H2,1-2H3. The zero-order valence-corrected chi connectivity index (χ0v) is 10.0. The summed E-state index contributed by atoms with van der Waals surface area (Å²) in [5, 5.41) is 0. The van der Waals surface area contributed by atoms with E-state index in [4.69, 9.17) is 0 Å². The first-order valence-electron chi connectivity index (χ1n) is 5.81. The third-order valence-electron chi connectivity index (χ3n) is 3.24. The molecular formula is C13H19FN2. The van der Waals surface area contributed by atoms with E-state index in [9.17, 15) is 4.39 Å². The van der Waals surface area contributed by atoms with Crippen LogP contribution in [0.3, 0.4) is 0 Å². The van der Waals surface area contributed by atoms with Crippen molar-refractivity contribution in [3.63, 3.8) is 0 Å². The molecule has 1 aliphatic heterocycles. The van der Waals surface area contributed by atoms with Crippen LogP contribution in [0.4, 0.5) is 4.39 Å². The summed E-state index contributed by atoms with van der Waals surface area (Å²) < 4.78 is 13.4. The van der Waals surface area contributed by atoms with Gasteiger partial charge in [-0.3, -0.25) is 4.90 Å². The number of likely N-dealkylation sites (N-methyl/N-ethyl adjacent to an activating group) is 1. The van der Waals surface area contributed by atoms with Crippen LogP contribution in [0.2, 0.25) is 0 Å². The molecule has 1 aromatic carbocycles. The molecule has 0 aromatic heterocycles. The maximum absolute atomic E-state index is 13.4. The van der Waals surface area contributed by atoms with Crippen molar-refractivity contribution >= 4 is 0 Å². The molecule has 1 aromatic rings. The Morgan fingerprint density at radius 1 is 1.19 bits per heavy atom. The molecule has 0 saturated carbocycles. The summed E-state index contributed by atoms with van der Waals surface area (Å²) in [5.41, 5.74) is 1.80. The van der Waals surface area contributed by atoms with Gasteiger partial charge in [0.05, 0.1) is 0 Å². The van der Waals surface area contributed by atoms with Crippen LogP contribution in [0.15, 0.2) is 18.2 Å². The number of nitrogens with zero attached hydrogens (tertiary/aromatic N) is 2. The molecule has 16 heavy (non-hydrogen) atoms. The third kappa shape index (κ3) is 2.80. The van der Waals surface area contributed by atoms with Crippen LogP contribution >= 0.6 is 0 Å². The highest BCUT2D eigenvalue weighted by atomic mass is 19.1. The van der Waals surface area contributed by atoms with Crippen molar-refractivity contribution in [3.05, 3.63) is 35.1 Å². The first kappa shape index (κ1) is 11.6. The SMILES string of the molecule is Cc1ccc(CN2CCN(C)CC2)cc1F. The Balaban J connectivity index is 1.96. The first-order valence-corrected chi connectivity index (χ1v) is 5.81. The van der Waals surface area contributed by atoms with Crippen LogP contribution in [0.25, 0.3) is 0 Å². The minimum atomic E-state index is -0.0911. The molecule has 0 atom stereocenters. The van der Waals surface area contributed by atoms with E-state index in [1.165, 1.54) is 0 Å². The van der Waals surface area contributed by atoms with Crippen molar-refractivity contribution < 1.29 is 4.39 Å². The highest BCUT2D eigenvalue weighted by Gasteiger charge is 2.14. The number of hydrogen-bond donors (Lipinski definition) is 0. The van der Waals surface area contributed by atoms with Crippen LogP contribution in [0.5, 0.6) is 0 Å². The van der Waals surface area contributed by atoms with Crippen molar-refractivity contribution in [3.8, 4) is 0 Å². The molecule has 0 unspecified atom stereocenters. The van der Waals surface area contributed by atoms with E-state index >= 15 is 0 Å². The summed E-state index contributed by atoms with van der Waals surface area (Å²) >= 11 is 0. The van der Waals surface area contributed by atoms with Gasteiger partial charge in [-0.2, -0.15) is 0 Å². The fraction of sp³-hybridized carbons (Fsp3) is 0.538. The molecule has 1 aliphatic rings. The molecule has 1 saturated heterocycles. The van der Waals surface area contributed by atoms with Gasteiger partial charge < -0.3 is 4.90 Å². The number of aryl methyl sites for hydroxylation is 1. The molecule has 0 amide bonds. The van der Waals surface area contributed by atoms with Crippen molar-refractivity contribution in [2.75, 3.05) is 33.2 Å². The monoisotopic (exact) mass is 222 g/mol. The van der Waals surface area contributed by atoms with Crippen molar-refractivity contribution in [1.29, 1.82) is 0 Å². The van der Waals surface area contributed by atoms with Gasteiger partial charge >= 0.3 is 0 Å². The number of rotatable bonds is 2. The van der Waals surface area contributed by atoms with Gasteiger partial charge in [-0.05, 0) is 31.2 Å².